The van der Waals surface area contributed by atoms with Crippen molar-refractivity contribution >= 4 is 17.7 Å². The Hall–Kier alpha value is -0.430. The first-order valence-electron chi connectivity index (χ1n) is 6.56. The van der Waals surface area contributed by atoms with Crippen molar-refractivity contribution in [2.45, 2.75) is 31.7 Å². The lowest BCUT2D eigenvalue weighted by atomic mass is 9.85. The molecule has 1 saturated heterocycles. The van der Waals surface area contributed by atoms with E-state index in [1.54, 1.807) is 0 Å². The highest BCUT2D eigenvalue weighted by Crippen LogP contribution is 2.29. The summed E-state index contributed by atoms with van der Waals surface area (Å²) in [6.45, 7) is 4.06. The summed E-state index contributed by atoms with van der Waals surface area (Å²) in [6.07, 6.45) is 2.63. The first-order chi connectivity index (χ1) is 8.88. The molecule has 3 nitrogen and oxygen atoms in total. The van der Waals surface area contributed by atoms with Gasteiger partial charge in [0.2, 0.25) is 5.91 Å². The van der Waals surface area contributed by atoms with Crippen LogP contribution >= 0.6 is 11.8 Å². The Morgan fingerprint density at radius 3 is 2.84 bits per heavy atom. The Balaban J connectivity index is 2.12. The van der Waals surface area contributed by atoms with E-state index in [2.05, 4.69) is 10.6 Å². The van der Waals surface area contributed by atoms with Gasteiger partial charge in [-0.2, -0.15) is 13.2 Å². The molecule has 2 unspecified atom stereocenters. The molecular formula is C12H21F3N2OS. The fraction of sp³-hybridized carbons (Fsp3) is 0.917. The zero-order valence-corrected chi connectivity index (χ0v) is 11.9. The minimum atomic E-state index is -4.22. The Bertz CT molecular complexity index is 281. The molecule has 2 atom stereocenters. The van der Waals surface area contributed by atoms with E-state index in [1.165, 1.54) is 0 Å². The van der Waals surface area contributed by atoms with Gasteiger partial charge in [0.15, 0.2) is 0 Å². The van der Waals surface area contributed by atoms with Crippen molar-refractivity contribution in [1.82, 2.24) is 10.6 Å². The molecule has 0 aliphatic carbocycles. The molecule has 1 heterocycles. The normalized spacial score (nSPS) is 22.0. The maximum Gasteiger partial charge on any atom is 0.441 e. The summed E-state index contributed by atoms with van der Waals surface area (Å²) >= 11 is -0.102. The van der Waals surface area contributed by atoms with Crippen LogP contribution in [-0.2, 0) is 4.79 Å². The molecule has 1 aliphatic heterocycles. The van der Waals surface area contributed by atoms with Gasteiger partial charge >= 0.3 is 5.51 Å². The molecule has 2 N–H and O–H groups in total. The molecule has 0 aromatic heterocycles. The minimum Gasteiger partial charge on any atom is -0.355 e. The van der Waals surface area contributed by atoms with Crippen LogP contribution in [0.2, 0.25) is 0 Å². The Labute approximate surface area is 116 Å². The highest BCUT2D eigenvalue weighted by atomic mass is 32.2. The number of hydrogen-bond donors (Lipinski definition) is 2. The first-order valence-corrected chi connectivity index (χ1v) is 7.55. The van der Waals surface area contributed by atoms with E-state index in [9.17, 15) is 18.0 Å². The molecule has 0 spiro atoms. The van der Waals surface area contributed by atoms with Crippen LogP contribution in [0.15, 0.2) is 0 Å². The Morgan fingerprint density at radius 2 is 2.26 bits per heavy atom. The number of carbonyl (C=O) groups is 1. The van der Waals surface area contributed by atoms with Gasteiger partial charge in [0.05, 0.1) is 0 Å². The number of carbonyl (C=O) groups excluding carboxylic acids is 1. The number of alkyl halides is 3. The first kappa shape index (κ1) is 16.6. The second-order valence-corrected chi connectivity index (χ2v) is 6.09. The molecule has 0 bridgehead atoms. The molecule has 112 valence electrons. The summed E-state index contributed by atoms with van der Waals surface area (Å²) in [6, 6.07) is 0. The van der Waals surface area contributed by atoms with Crippen LogP contribution < -0.4 is 10.6 Å². The lowest BCUT2D eigenvalue weighted by Gasteiger charge is -2.28. The molecule has 1 aliphatic rings. The number of thioether (sulfide) groups is 1. The fourth-order valence-electron chi connectivity index (χ4n) is 2.25. The molecule has 0 radical (unpaired) electrons. The standard InChI is InChI=1S/C12H21F3N2OS/c1-9(10-3-2-4-16-8-10)7-11(18)17-5-6-19-12(13,14)15/h9-10,16H,2-8H2,1H3,(H,17,18). The topological polar surface area (TPSA) is 41.1 Å². The lowest BCUT2D eigenvalue weighted by Crippen LogP contribution is -2.36. The van der Waals surface area contributed by atoms with Gasteiger partial charge in [-0.25, -0.2) is 0 Å². The van der Waals surface area contributed by atoms with Crippen molar-refractivity contribution in [3.8, 4) is 0 Å². The summed E-state index contributed by atoms with van der Waals surface area (Å²) in [5.41, 5.74) is -4.22. The lowest BCUT2D eigenvalue weighted by molar-refractivity contribution is -0.122. The van der Waals surface area contributed by atoms with Crippen molar-refractivity contribution in [3.63, 3.8) is 0 Å². The molecule has 1 amide bonds. The van der Waals surface area contributed by atoms with E-state index in [4.69, 9.17) is 0 Å². The second-order valence-electron chi connectivity index (χ2n) is 4.93. The van der Waals surface area contributed by atoms with Gasteiger partial charge in [-0.3, -0.25) is 4.79 Å². The number of nitrogens with one attached hydrogen (secondary N) is 2. The molecule has 0 aromatic rings. The van der Waals surface area contributed by atoms with Gasteiger partial charge in [0.25, 0.3) is 0 Å². The Morgan fingerprint density at radius 1 is 1.53 bits per heavy atom. The second kappa shape index (κ2) is 7.99. The van der Waals surface area contributed by atoms with E-state index in [1.807, 2.05) is 6.92 Å². The van der Waals surface area contributed by atoms with Crippen LogP contribution in [0.25, 0.3) is 0 Å². The smallest absolute Gasteiger partial charge is 0.355 e. The predicted octanol–water partition coefficient (Wildman–Crippen LogP) is 2.38. The predicted molar refractivity (Wildman–Crippen MR) is 70.9 cm³/mol. The summed E-state index contributed by atoms with van der Waals surface area (Å²) in [5, 5.41) is 5.84. The van der Waals surface area contributed by atoms with Crippen molar-refractivity contribution < 1.29 is 18.0 Å². The molecular weight excluding hydrogens is 277 g/mol. The third kappa shape index (κ3) is 7.67. The number of halogens is 3. The highest BCUT2D eigenvalue weighted by Gasteiger charge is 2.27. The molecule has 1 fully saturated rings. The molecule has 0 aromatic carbocycles. The third-order valence-corrected chi connectivity index (χ3v) is 4.07. The van der Waals surface area contributed by atoms with Crippen LogP contribution in [-0.4, -0.2) is 36.8 Å². The average molecular weight is 298 g/mol. The average Bonchev–Trinajstić information content (AvgIpc) is 2.34. The monoisotopic (exact) mass is 298 g/mol. The molecule has 7 heteroatoms. The number of hydrogen-bond acceptors (Lipinski definition) is 3. The minimum absolute atomic E-state index is 0.0681. The zero-order valence-electron chi connectivity index (χ0n) is 11.1. The van der Waals surface area contributed by atoms with Gasteiger partial charge in [-0.15, -0.1) is 0 Å². The van der Waals surface area contributed by atoms with Crippen LogP contribution in [0.3, 0.4) is 0 Å². The number of amides is 1. The number of rotatable bonds is 6. The summed E-state index contributed by atoms with van der Waals surface area (Å²) in [5.74, 6) is 0.474. The van der Waals surface area contributed by atoms with Gasteiger partial charge in [0.1, 0.15) is 0 Å². The molecule has 1 rings (SSSR count). The SMILES string of the molecule is CC(CC(=O)NCCSC(F)(F)F)C1CCCNC1. The quantitative estimate of drug-likeness (QED) is 0.740. The summed E-state index contributed by atoms with van der Waals surface area (Å²) < 4.78 is 35.6. The van der Waals surface area contributed by atoms with Crippen LogP contribution in [0.1, 0.15) is 26.2 Å². The van der Waals surface area contributed by atoms with Gasteiger partial charge < -0.3 is 10.6 Å². The van der Waals surface area contributed by atoms with Gasteiger partial charge in [-0.1, -0.05) is 6.92 Å². The van der Waals surface area contributed by atoms with E-state index >= 15 is 0 Å². The van der Waals surface area contributed by atoms with Crippen molar-refractivity contribution in [1.29, 1.82) is 0 Å². The van der Waals surface area contributed by atoms with Crippen molar-refractivity contribution in [2.75, 3.05) is 25.4 Å². The van der Waals surface area contributed by atoms with Crippen LogP contribution in [0.5, 0.6) is 0 Å². The van der Waals surface area contributed by atoms with Crippen molar-refractivity contribution in [2.24, 2.45) is 11.8 Å². The van der Waals surface area contributed by atoms with E-state index in [-0.39, 0.29) is 35.9 Å². The summed E-state index contributed by atoms with van der Waals surface area (Å²) in [4.78, 5) is 11.6. The van der Waals surface area contributed by atoms with Gasteiger partial charge in [0, 0.05) is 18.7 Å². The molecule has 19 heavy (non-hydrogen) atoms. The van der Waals surface area contributed by atoms with Crippen LogP contribution in [0, 0.1) is 11.8 Å². The van der Waals surface area contributed by atoms with Gasteiger partial charge in [-0.05, 0) is 49.5 Å². The summed E-state index contributed by atoms with van der Waals surface area (Å²) in [7, 11) is 0. The molecule has 0 saturated carbocycles. The van der Waals surface area contributed by atoms with E-state index in [0.717, 1.165) is 25.9 Å². The highest BCUT2D eigenvalue weighted by molar-refractivity contribution is 8.00. The van der Waals surface area contributed by atoms with E-state index in [0.29, 0.717) is 12.3 Å². The van der Waals surface area contributed by atoms with E-state index < -0.39 is 5.51 Å². The number of piperidine rings is 1. The Kier molecular flexibility index (Phi) is 6.99. The fourth-order valence-corrected chi connectivity index (χ4v) is 2.69. The maximum absolute atomic E-state index is 11.9. The van der Waals surface area contributed by atoms with Crippen LogP contribution in [0.4, 0.5) is 13.2 Å². The van der Waals surface area contributed by atoms with Crippen molar-refractivity contribution in [3.05, 3.63) is 0 Å². The maximum atomic E-state index is 11.9. The zero-order chi connectivity index (χ0) is 14.3. The largest absolute Gasteiger partial charge is 0.441 e. The third-order valence-electron chi connectivity index (χ3n) is 3.34.